The zero-order valence-electron chi connectivity index (χ0n) is 13.3. The molecule has 0 fully saturated rings. The predicted molar refractivity (Wildman–Crippen MR) is 92.6 cm³/mol. The number of rotatable bonds is 4. The number of amides is 1. The summed E-state index contributed by atoms with van der Waals surface area (Å²) in [6, 6.07) is 15.6. The Bertz CT molecular complexity index is 996. The minimum Gasteiger partial charge on any atom is -0.439 e. The fourth-order valence-electron chi connectivity index (χ4n) is 2.96. The third-order valence-electron chi connectivity index (χ3n) is 4.14. The predicted octanol–water partition coefficient (Wildman–Crippen LogP) is 3.48. The van der Waals surface area contributed by atoms with Crippen LogP contribution in [0.2, 0.25) is 0 Å². The standard InChI is InChI=1S/C19H17N3O2/c1-12-14(13-6-2-3-7-15(13)21-12)10-18(23)20-11-19-22-16-8-4-5-9-17(16)24-19/h2-9,21H,10-11H2,1H3,(H,20,23). The molecule has 2 heterocycles. The van der Waals surface area contributed by atoms with Gasteiger partial charge >= 0.3 is 0 Å². The van der Waals surface area contributed by atoms with Crippen molar-refractivity contribution in [1.29, 1.82) is 0 Å². The molecule has 0 unspecified atom stereocenters. The average Bonchev–Trinajstić information content (AvgIpc) is 3.14. The average molecular weight is 319 g/mol. The maximum absolute atomic E-state index is 12.3. The number of nitrogens with one attached hydrogen (secondary N) is 2. The fraction of sp³-hybridized carbons (Fsp3) is 0.158. The van der Waals surface area contributed by atoms with Crippen LogP contribution in [-0.2, 0) is 17.8 Å². The number of aryl methyl sites for hydroxylation is 1. The van der Waals surface area contributed by atoms with Gasteiger partial charge in [-0.2, -0.15) is 0 Å². The number of fused-ring (bicyclic) bond motifs is 2. The molecule has 0 aliphatic carbocycles. The molecule has 120 valence electrons. The van der Waals surface area contributed by atoms with Crippen molar-refractivity contribution in [2.45, 2.75) is 19.9 Å². The normalized spacial score (nSPS) is 11.2. The third kappa shape index (κ3) is 2.65. The van der Waals surface area contributed by atoms with Gasteiger partial charge in [-0.05, 0) is 30.7 Å². The Morgan fingerprint density at radius 1 is 1.17 bits per heavy atom. The molecule has 1 amide bonds. The topological polar surface area (TPSA) is 70.9 Å². The van der Waals surface area contributed by atoms with Gasteiger partial charge in [0.1, 0.15) is 5.52 Å². The van der Waals surface area contributed by atoms with Crippen molar-refractivity contribution in [3.05, 3.63) is 65.7 Å². The number of hydrogen-bond acceptors (Lipinski definition) is 3. The summed E-state index contributed by atoms with van der Waals surface area (Å²) in [7, 11) is 0. The van der Waals surface area contributed by atoms with Crippen molar-refractivity contribution in [2.24, 2.45) is 0 Å². The zero-order valence-corrected chi connectivity index (χ0v) is 13.3. The summed E-state index contributed by atoms with van der Waals surface area (Å²) in [5.74, 6) is 0.463. The SMILES string of the molecule is Cc1[nH]c2ccccc2c1CC(=O)NCc1nc2ccccc2o1. The number of hydrogen-bond donors (Lipinski definition) is 2. The molecule has 0 atom stereocenters. The molecule has 5 nitrogen and oxygen atoms in total. The Kier molecular flexibility index (Phi) is 3.54. The van der Waals surface area contributed by atoms with Gasteiger partial charge in [0.2, 0.25) is 11.8 Å². The highest BCUT2D eigenvalue weighted by atomic mass is 16.3. The molecule has 4 rings (SSSR count). The van der Waals surface area contributed by atoms with Gasteiger partial charge in [0.25, 0.3) is 0 Å². The summed E-state index contributed by atoms with van der Waals surface area (Å²) in [4.78, 5) is 20.0. The minimum absolute atomic E-state index is 0.0508. The molecular formula is C19H17N3O2. The van der Waals surface area contributed by atoms with E-state index in [1.54, 1.807) is 0 Å². The summed E-state index contributed by atoms with van der Waals surface area (Å²) in [6.45, 7) is 2.28. The first-order chi connectivity index (χ1) is 11.7. The summed E-state index contributed by atoms with van der Waals surface area (Å²) in [5, 5.41) is 3.97. The van der Waals surface area contributed by atoms with Crippen molar-refractivity contribution in [1.82, 2.24) is 15.3 Å². The van der Waals surface area contributed by atoms with Crippen LogP contribution in [0.5, 0.6) is 0 Å². The summed E-state index contributed by atoms with van der Waals surface area (Å²) in [6.07, 6.45) is 0.329. The van der Waals surface area contributed by atoms with Gasteiger partial charge in [-0.1, -0.05) is 30.3 Å². The molecule has 2 aromatic heterocycles. The van der Waals surface area contributed by atoms with Gasteiger partial charge in [-0.3, -0.25) is 4.79 Å². The van der Waals surface area contributed by atoms with Crippen LogP contribution in [0.25, 0.3) is 22.0 Å². The van der Waals surface area contributed by atoms with E-state index in [1.165, 1.54) is 0 Å². The number of nitrogens with zero attached hydrogens (tertiary/aromatic N) is 1. The maximum Gasteiger partial charge on any atom is 0.224 e. The number of aromatic nitrogens is 2. The molecule has 0 radical (unpaired) electrons. The van der Waals surface area contributed by atoms with E-state index >= 15 is 0 Å². The van der Waals surface area contributed by atoms with Crippen molar-refractivity contribution in [3.63, 3.8) is 0 Å². The first-order valence-electron chi connectivity index (χ1n) is 7.88. The van der Waals surface area contributed by atoms with Crippen LogP contribution in [0, 0.1) is 6.92 Å². The first kappa shape index (κ1) is 14.5. The van der Waals surface area contributed by atoms with Gasteiger partial charge in [-0.15, -0.1) is 0 Å². The number of H-pyrrole nitrogens is 1. The van der Waals surface area contributed by atoms with E-state index < -0.39 is 0 Å². The largest absolute Gasteiger partial charge is 0.439 e. The van der Waals surface area contributed by atoms with E-state index in [9.17, 15) is 4.79 Å². The van der Waals surface area contributed by atoms with E-state index in [2.05, 4.69) is 15.3 Å². The molecule has 0 saturated carbocycles. The molecular weight excluding hydrogens is 302 g/mol. The first-order valence-corrected chi connectivity index (χ1v) is 7.88. The molecule has 2 N–H and O–H groups in total. The number of para-hydroxylation sites is 3. The van der Waals surface area contributed by atoms with Crippen LogP contribution >= 0.6 is 0 Å². The summed E-state index contributed by atoms with van der Waals surface area (Å²) >= 11 is 0. The lowest BCUT2D eigenvalue weighted by atomic mass is 10.1. The van der Waals surface area contributed by atoms with Crippen LogP contribution in [0.15, 0.2) is 52.9 Å². The molecule has 24 heavy (non-hydrogen) atoms. The van der Waals surface area contributed by atoms with Crippen molar-refractivity contribution in [3.8, 4) is 0 Å². The maximum atomic E-state index is 12.3. The van der Waals surface area contributed by atoms with Crippen LogP contribution in [-0.4, -0.2) is 15.9 Å². The Morgan fingerprint density at radius 3 is 2.83 bits per heavy atom. The van der Waals surface area contributed by atoms with Crippen LogP contribution in [0.1, 0.15) is 17.1 Å². The highest BCUT2D eigenvalue weighted by Gasteiger charge is 2.13. The van der Waals surface area contributed by atoms with E-state index in [4.69, 9.17) is 4.42 Å². The summed E-state index contributed by atoms with van der Waals surface area (Å²) < 4.78 is 5.62. The van der Waals surface area contributed by atoms with Crippen LogP contribution in [0.3, 0.4) is 0 Å². The molecule has 0 spiro atoms. The van der Waals surface area contributed by atoms with Gasteiger partial charge in [0.15, 0.2) is 5.58 Å². The zero-order chi connectivity index (χ0) is 16.5. The molecule has 4 aromatic rings. The second-order valence-electron chi connectivity index (χ2n) is 5.80. The Morgan fingerprint density at radius 2 is 1.96 bits per heavy atom. The quantitative estimate of drug-likeness (QED) is 0.605. The van der Waals surface area contributed by atoms with E-state index in [0.29, 0.717) is 12.3 Å². The lowest BCUT2D eigenvalue weighted by Crippen LogP contribution is -2.24. The highest BCUT2D eigenvalue weighted by molar-refractivity contribution is 5.90. The van der Waals surface area contributed by atoms with Crippen molar-refractivity contribution < 1.29 is 9.21 Å². The monoisotopic (exact) mass is 319 g/mol. The highest BCUT2D eigenvalue weighted by Crippen LogP contribution is 2.22. The lowest BCUT2D eigenvalue weighted by Gasteiger charge is -2.03. The summed E-state index contributed by atoms with van der Waals surface area (Å²) in [5.41, 5.74) is 4.63. The van der Waals surface area contributed by atoms with Gasteiger partial charge in [0.05, 0.1) is 13.0 Å². The molecule has 0 aliphatic rings. The van der Waals surface area contributed by atoms with Gasteiger partial charge < -0.3 is 14.7 Å². The number of aromatic amines is 1. The van der Waals surface area contributed by atoms with Crippen LogP contribution in [0.4, 0.5) is 0 Å². The second-order valence-corrected chi connectivity index (χ2v) is 5.80. The van der Waals surface area contributed by atoms with Gasteiger partial charge in [-0.25, -0.2) is 4.98 Å². The smallest absolute Gasteiger partial charge is 0.224 e. The molecule has 0 saturated heterocycles. The number of carbonyl (C=O) groups excluding carboxylic acids is 1. The molecule has 0 bridgehead atoms. The third-order valence-corrected chi connectivity index (χ3v) is 4.14. The minimum atomic E-state index is -0.0508. The second kappa shape index (κ2) is 5.85. The van der Waals surface area contributed by atoms with Gasteiger partial charge in [0, 0.05) is 16.6 Å². The van der Waals surface area contributed by atoms with E-state index in [0.717, 1.165) is 33.3 Å². The lowest BCUT2D eigenvalue weighted by molar-refractivity contribution is -0.120. The molecule has 0 aliphatic heterocycles. The molecule has 5 heteroatoms. The van der Waals surface area contributed by atoms with Crippen LogP contribution < -0.4 is 5.32 Å². The number of carbonyl (C=O) groups is 1. The Balaban J connectivity index is 1.47. The van der Waals surface area contributed by atoms with Crippen molar-refractivity contribution in [2.75, 3.05) is 0 Å². The van der Waals surface area contributed by atoms with E-state index in [-0.39, 0.29) is 12.5 Å². The fourth-order valence-corrected chi connectivity index (χ4v) is 2.96. The number of oxazole rings is 1. The van der Waals surface area contributed by atoms with Crippen molar-refractivity contribution >= 4 is 27.9 Å². The number of benzene rings is 2. The Hall–Kier alpha value is -3.08. The Labute approximate surface area is 138 Å². The molecule has 2 aromatic carbocycles. The van der Waals surface area contributed by atoms with E-state index in [1.807, 2.05) is 55.5 Å².